The van der Waals surface area contributed by atoms with E-state index in [-0.39, 0.29) is 12.2 Å². The fourth-order valence-corrected chi connectivity index (χ4v) is 2.33. The molecule has 3 heteroatoms. The molecular weight excluding hydrogens is 226 g/mol. The summed E-state index contributed by atoms with van der Waals surface area (Å²) in [5.41, 5.74) is 1.31. The first kappa shape index (κ1) is 13.1. The number of hydrogen-bond acceptors (Lipinski definition) is 3. The molecule has 1 fully saturated rings. The van der Waals surface area contributed by atoms with Gasteiger partial charge in [0.25, 0.3) is 0 Å². The van der Waals surface area contributed by atoms with Gasteiger partial charge in [0, 0.05) is 26.7 Å². The number of terminal acetylenes is 1. The molecule has 96 valence electrons. The molecule has 1 aromatic rings. The lowest BCUT2D eigenvalue weighted by molar-refractivity contribution is -0.0160. The van der Waals surface area contributed by atoms with Gasteiger partial charge in [-0.3, -0.25) is 4.90 Å². The van der Waals surface area contributed by atoms with E-state index in [1.54, 1.807) is 7.11 Å². The molecule has 2 rings (SSSR count). The summed E-state index contributed by atoms with van der Waals surface area (Å²) in [4.78, 5) is 2.34. The summed E-state index contributed by atoms with van der Waals surface area (Å²) in [7, 11) is 1.73. The predicted molar refractivity (Wildman–Crippen MR) is 71.1 cm³/mol. The van der Waals surface area contributed by atoms with Gasteiger partial charge < -0.3 is 9.47 Å². The molecule has 1 heterocycles. The zero-order valence-electron chi connectivity index (χ0n) is 10.7. The minimum atomic E-state index is 0.0785. The summed E-state index contributed by atoms with van der Waals surface area (Å²) < 4.78 is 11.1. The molecule has 0 amide bonds. The van der Waals surface area contributed by atoms with Gasteiger partial charge in [-0.1, -0.05) is 36.3 Å². The van der Waals surface area contributed by atoms with E-state index < -0.39 is 0 Å². The van der Waals surface area contributed by atoms with Crippen LogP contribution in [0.4, 0.5) is 0 Å². The highest BCUT2D eigenvalue weighted by atomic mass is 16.5. The van der Waals surface area contributed by atoms with Crippen LogP contribution in [-0.2, 0) is 16.0 Å². The van der Waals surface area contributed by atoms with E-state index >= 15 is 0 Å². The molecule has 3 nitrogen and oxygen atoms in total. The Balaban J connectivity index is 1.90. The number of hydrogen-bond donors (Lipinski definition) is 0. The maximum atomic E-state index is 5.62. The highest BCUT2D eigenvalue weighted by Gasteiger charge is 2.33. The largest absolute Gasteiger partial charge is 0.377 e. The Morgan fingerprint density at radius 1 is 1.28 bits per heavy atom. The SMILES string of the molecule is C#CCOC1CN(Cc2ccccc2)CC1OC. The summed E-state index contributed by atoms with van der Waals surface area (Å²) in [5.74, 6) is 2.51. The molecule has 1 saturated heterocycles. The van der Waals surface area contributed by atoms with Crippen molar-refractivity contribution in [2.24, 2.45) is 0 Å². The van der Waals surface area contributed by atoms with Crippen LogP contribution in [-0.4, -0.2) is 43.9 Å². The molecule has 2 atom stereocenters. The fourth-order valence-electron chi connectivity index (χ4n) is 2.33. The Morgan fingerprint density at radius 3 is 2.67 bits per heavy atom. The second kappa shape index (κ2) is 6.55. The zero-order valence-corrected chi connectivity index (χ0v) is 10.7. The zero-order chi connectivity index (χ0) is 12.8. The monoisotopic (exact) mass is 245 g/mol. The molecule has 0 radical (unpaired) electrons. The van der Waals surface area contributed by atoms with Crippen molar-refractivity contribution in [2.45, 2.75) is 18.8 Å². The van der Waals surface area contributed by atoms with Gasteiger partial charge in [-0.25, -0.2) is 0 Å². The Morgan fingerprint density at radius 2 is 2.00 bits per heavy atom. The van der Waals surface area contributed by atoms with Crippen LogP contribution in [0.2, 0.25) is 0 Å². The maximum Gasteiger partial charge on any atom is 0.108 e. The first-order chi connectivity index (χ1) is 8.83. The minimum Gasteiger partial charge on any atom is -0.377 e. The van der Waals surface area contributed by atoms with Crippen LogP contribution in [0, 0.1) is 12.3 Å². The third-order valence-corrected chi connectivity index (χ3v) is 3.22. The summed E-state index contributed by atoms with van der Waals surface area (Å²) in [6, 6.07) is 10.4. The average Bonchev–Trinajstić information content (AvgIpc) is 2.79. The van der Waals surface area contributed by atoms with Crippen molar-refractivity contribution >= 4 is 0 Å². The lowest BCUT2D eigenvalue weighted by Crippen LogP contribution is -2.29. The average molecular weight is 245 g/mol. The lowest BCUT2D eigenvalue weighted by Gasteiger charge is -2.15. The van der Waals surface area contributed by atoms with E-state index in [0.717, 1.165) is 19.6 Å². The van der Waals surface area contributed by atoms with Crippen LogP contribution in [0.15, 0.2) is 30.3 Å². The van der Waals surface area contributed by atoms with E-state index in [1.165, 1.54) is 5.56 Å². The van der Waals surface area contributed by atoms with E-state index in [4.69, 9.17) is 15.9 Å². The molecule has 1 aromatic carbocycles. The minimum absolute atomic E-state index is 0.0785. The van der Waals surface area contributed by atoms with Gasteiger partial charge >= 0.3 is 0 Å². The van der Waals surface area contributed by atoms with E-state index in [9.17, 15) is 0 Å². The van der Waals surface area contributed by atoms with Gasteiger partial charge in [-0.05, 0) is 5.56 Å². The molecule has 1 aliphatic rings. The Bertz CT molecular complexity index is 399. The number of likely N-dealkylation sites (tertiary alicyclic amines) is 1. The third kappa shape index (κ3) is 3.33. The molecule has 0 bridgehead atoms. The van der Waals surface area contributed by atoms with Gasteiger partial charge in [-0.2, -0.15) is 0 Å². The molecule has 1 aliphatic heterocycles. The topological polar surface area (TPSA) is 21.7 Å². The normalized spacial score (nSPS) is 24.0. The third-order valence-electron chi connectivity index (χ3n) is 3.22. The molecule has 0 spiro atoms. The van der Waals surface area contributed by atoms with Gasteiger partial charge in [0.1, 0.15) is 6.61 Å². The van der Waals surface area contributed by atoms with Gasteiger partial charge in [0.05, 0.1) is 12.2 Å². The van der Waals surface area contributed by atoms with Crippen molar-refractivity contribution in [2.75, 3.05) is 26.8 Å². The summed E-state index contributed by atoms with van der Waals surface area (Å²) in [6.07, 6.45) is 5.41. The summed E-state index contributed by atoms with van der Waals surface area (Å²) in [5, 5.41) is 0. The predicted octanol–water partition coefficient (Wildman–Crippen LogP) is 1.54. The second-order valence-corrected chi connectivity index (χ2v) is 4.51. The van der Waals surface area contributed by atoms with E-state index in [0.29, 0.717) is 6.61 Å². The number of nitrogens with zero attached hydrogens (tertiary/aromatic N) is 1. The molecule has 0 aromatic heterocycles. The molecular formula is C15H19NO2. The Kier molecular flexibility index (Phi) is 4.77. The number of methoxy groups -OCH3 is 1. The van der Waals surface area contributed by atoms with Crippen molar-refractivity contribution < 1.29 is 9.47 Å². The Labute approximate surface area is 109 Å². The van der Waals surface area contributed by atoms with Crippen LogP contribution in [0.3, 0.4) is 0 Å². The summed E-state index contributed by atoms with van der Waals surface area (Å²) in [6.45, 7) is 3.04. The lowest BCUT2D eigenvalue weighted by atomic mass is 10.2. The quantitative estimate of drug-likeness (QED) is 0.734. The molecule has 2 unspecified atom stereocenters. The first-order valence-corrected chi connectivity index (χ1v) is 6.17. The summed E-state index contributed by atoms with van der Waals surface area (Å²) >= 11 is 0. The molecule has 0 saturated carbocycles. The highest BCUT2D eigenvalue weighted by Crippen LogP contribution is 2.18. The molecule has 0 N–H and O–H groups in total. The Hall–Kier alpha value is -1.34. The maximum absolute atomic E-state index is 5.62. The first-order valence-electron chi connectivity index (χ1n) is 6.17. The van der Waals surface area contributed by atoms with Crippen LogP contribution in [0.1, 0.15) is 5.56 Å². The molecule has 0 aliphatic carbocycles. The van der Waals surface area contributed by atoms with Crippen LogP contribution in [0.5, 0.6) is 0 Å². The standard InChI is InChI=1S/C15H19NO2/c1-3-9-18-15-12-16(11-14(15)17-2)10-13-7-5-4-6-8-13/h1,4-8,14-15H,9-12H2,2H3. The van der Waals surface area contributed by atoms with Crippen molar-refractivity contribution in [3.8, 4) is 12.3 Å². The van der Waals surface area contributed by atoms with Gasteiger partial charge in [0.15, 0.2) is 0 Å². The van der Waals surface area contributed by atoms with Crippen LogP contribution in [0.25, 0.3) is 0 Å². The highest BCUT2D eigenvalue weighted by molar-refractivity contribution is 5.14. The van der Waals surface area contributed by atoms with E-state index in [2.05, 4.69) is 35.1 Å². The number of rotatable bonds is 5. The van der Waals surface area contributed by atoms with Crippen molar-refractivity contribution in [1.82, 2.24) is 4.90 Å². The van der Waals surface area contributed by atoms with Gasteiger partial charge in [0.2, 0.25) is 0 Å². The van der Waals surface area contributed by atoms with Crippen LogP contribution >= 0.6 is 0 Å². The number of ether oxygens (including phenoxy) is 2. The van der Waals surface area contributed by atoms with Crippen molar-refractivity contribution in [3.63, 3.8) is 0 Å². The smallest absolute Gasteiger partial charge is 0.108 e. The fraction of sp³-hybridized carbons (Fsp3) is 0.467. The van der Waals surface area contributed by atoms with Gasteiger partial charge in [-0.15, -0.1) is 6.42 Å². The van der Waals surface area contributed by atoms with Crippen LogP contribution < -0.4 is 0 Å². The molecule has 18 heavy (non-hydrogen) atoms. The number of benzene rings is 1. The van der Waals surface area contributed by atoms with Crippen molar-refractivity contribution in [3.05, 3.63) is 35.9 Å². The second-order valence-electron chi connectivity index (χ2n) is 4.51. The van der Waals surface area contributed by atoms with E-state index in [1.807, 2.05) is 6.07 Å². The van der Waals surface area contributed by atoms with Crippen molar-refractivity contribution in [1.29, 1.82) is 0 Å².